The largest absolute Gasteiger partial charge is 0.486 e. The SMILES string of the molecule is Cc1ccc(C(CN2CCOCC2)NS(=O)(=O)c2ccc3c(c2)OCCO3)cc1. The third-order valence-corrected chi connectivity index (χ3v) is 6.61. The molecule has 2 aliphatic rings. The zero-order valence-electron chi connectivity index (χ0n) is 16.5. The van der Waals surface area contributed by atoms with Gasteiger partial charge in [0.1, 0.15) is 13.2 Å². The van der Waals surface area contributed by atoms with Gasteiger partial charge in [0.05, 0.1) is 24.2 Å². The van der Waals surface area contributed by atoms with Crippen molar-refractivity contribution in [2.75, 3.05) is 46.1 Å². The minimum Gasteiger partial charge on any atom is -0.486 e. The van der Waals surface area contributed by atoms with Gasteiger partial charge in [-0.1, -0.05) is 29.8 Å². The molecule has 1 fully saturated rings. The molecule has 1 atom stereocenters. The molecule has 4 rings (SSSR count). The summed E-state index contributed by atoms with van der Waals surface area (Å²) < 4.78 is 45.7. The molecular weight excluding hydrogens is 392 g/mol. The lowest BCUT2D eigenvalue weighted by molar-refractivity contribution is 0.0345. The highest BCUT2D eigenvalue weighted by Gasteiger charge is 2.26. The Bertz CT molecular complexity index is 940. The Morgan fingerprint density at radius 2 is 1.66 bits per heavy atom. The molecule has 0 radical (unpaired) electrons. The molecule has 1 N–H and O–H groups in total. The van der Waals surface area contributed by atoms with E-state index in [-0.39, 0.29) is 10.9 Å². The van der Waals surface area contributed by atoms with Crippen LogP contribution in [0.15, 0.2) is 47.4 Å². The second-order valence-electron chi connectivity index (χ2n) is 7.30. The van der Waals surface area contributed by atoms with Gasteiger partial charge >= 0.3 is 0 Å². The molecule has 29 heavy (non-hydrogen) atoms. The maximum Gasteiger partial charge on any atom is 0.241 e. The smallest absolute Gasteiger partial charge is 0.241 e. The molecule has 7 nitrogen and oxygen atoms in total. The molecule has 0 amide bonds. The van der Waals surface area contributed by atoms with Crippen LogP contribution in [0.1, 0.15) is 17.2 Å². The molecule has 1 unspecified atom stereocenters. The Hall–Kier alpha value is -2.13. The van der Waals surface area contributed by atoms with Crippen LogP contribution in [-0.2, 0) is 14.8 Å². The number of aryl methyl sites for hydroxylation is 1. The second kappa shape index (κ2) is 8.71. The molecule has 8 heteroatoms. The first-order valence-electron chi connectivity index (χ1n) is 9.80. The summed E-state index contributed by atoms with van der Waals surface area (Å²) in [5, 5.41) is 0. The van der Waals surface area contributed by atoms with E-state index in [1.54, 1.807) is 12.1 Å². The fraction of sp³-hybridized carbons (Fsp3) is 0.429. The predicted molar refractivity (Wildman–Crippen MR) is 109 cm³/mol. The zero-order chi connectivity index (χ0) is 20.3. The highest BCUT2D eigenvalue weighted by Crippen LogP contribution is 2.32. The Labute approximate surface area is 171 Å². The number of ether oxygens (including phenoxy) is 3. The van der Waals surface area contributed by atoms with Crippen molar-refractivity contribution >= 4 is 10.0 Å². The van der Waals surface area contributed by atoms with Crippen LogP contribution in [-0.4, -0.2) is 59.4 Å². The Morgan fingerprint density at radius 3 is 2.38 bits per heavy atom. The van der Waals surface area contributed by atoms with Gasteiger partial charge in [0, 0.05) is 25.7 Å². The van der Waals surface area contributed by atoms with Gasteiger partial charge in [-0.2, -0.15) is 0 Å². The molecule has 0 spiro atoms. The van der Waals surface area contributed by atoms with E-state index in [9.17, 15) is 8.42 Å². The summed E-state index contributed by atoms with van der Waals surface area (Å²) in [7, 11) is -3.75. The van der Waals surface area contributed by atoms with Gasteiger partial charge in [-0.05, 0) is 24.6 Å². The van der Waals surface area contributed by atoms with E-state index in [1.165, 1.54) is 6.07 Å². The van der Waals surface area contributed by atoms with Gasteiger partial charge in [0.25, 0.3) is 0 Å². The van der Waals surface area contributed by atoms with Crippen LogP contribution in [0.25, 0.3) is 0 Å². The highest BCUT2D eigenvalue weighted by atomic mass is 32.2. The fourth-order valence-corrected chi connectivity index (χ4v) is 4.73. The molecule has 0 saturated carbocycles. The van der Waals surface area contributed by atoms with Crippen molar-refractivity contribution in [1.82, 2.24) is 9.62 Å². The number of nitrogens with zero attached hydrogens (tertiary/aromatic N) is 1. The number of nitrogens with one attached hydrogen (secondary N) is 1. The van der Waals surface area contributed by atoms with Crippen LogP contribution in [0.2, 0.25) is 0 Å². The standard InChI is InChI=1S/C21H26N2O5S/c1-16-2-4-17(5-3-16)19(15-23-8-10-26-11-9-23)22-29(24,25)18-6-7-20-21(14-18)28-13-12-27-20/h2-7,14,19,22H,8-13,15H2,1H3. The summed E-state index contributed by atoms with van der Waals surface area (Å²) in [6.45, 7) is 6.36. The molecule has 0 aromatic heterocycles. The zero-order valence-corrected chi connectivity index (χ0v) is 17.3. The van der Waals surface area contributed by atoms with E-state index in [0.29, 0.717) is 44.5 Å². The van der Waals surface area contributed by atoms with Crippen molar-refractivity contribution < 1.29 is 22.6 Å². The van der Waals surface area contributed by atoms with Gasteiger partial charge in [-0.3, -0.25) is 4.90 Å². The molecule has 0 aliphatic carbocycles. The van der Waals surface area contributed by atoms with Gasteiger partial charge in [-0.15, -0.1) is 0 Å². The van der Waals surface area contributed by atoms with Crippen LogP contribution in [0.4, 0.5) is 0 Å². The van der Waals surface area contributed by atoms with Crippen LogP contribution in [0.3, 0.4) is 0 Å². The van der Waals surface area contributed by atoms with E-state index in [2.05, 4.69) is 9.62 Å². The van der Waals surface area contributed by atoms with E-state index in [0.717, 1.165) is 24.2 Å². The van der Waals surface area contributed by atoms with Crippen molar-refractivity contribution in [3.8, 4) is 11.5 Å². The molecule has 0 bridgehead atoms. The van der Waals surface area contributed by atoms with Crippen molar-refractivity contribution in [3.63, 3.8) is 0 Å². The average Bonchev–Trinajstić information content (AvgIpc) is 2.74. The number of rotatable bonds is 6. The molecule has 1 saturated heterocycles. The minimum atomic E-state index is -3.75. The Balaban J connectivity index is 1.59. The van der Waals surface area contributed by atoms with Gasteiger partial charge in [0.2, 0.25) is 10.0 Å². The van der Waals surface area contributed by atoms with Crippen LogP contribution in [0.5, 0.6) is 11.5 Å². The lowest BCUT2D eigenvalue weighted by Gasteiger charge is -2.31. The second-order valence-corrected chi connectivity index (χ2v) is 9.02. The van der Waals surface area contributed by atoms with Crippen molar-refractivity contribution in [1.29, 1.82) is 0 Å². The van der Waals surface area contributed by atoms with Crippen molar-refractivity contribution in [2.45, 2.75) is 17.9 Å². The lowest BCUT2D eigenvalue weighted by Crippen LogP contribution is -2.43. The maximum atomic E-state index is 13.2. The number of hydrogen-bond acceptors (Lipinski definition) is 6. The van der Waals surface area contributed by atoms with Gasteiger partial charge in [-0.25, -0.2) is 13.1 Å². The predicted octanol–water partition coefficient (Wildman–Crippen LogP) is 2.12. The first-order valence-corrected chi connectivity index (χ1v) is 11.3. The Kier molecular flexibility index (Phi) is 6.05. The summed E-state index contributed by atoms with van der Waals surface area (Å²) >= 11 is 0. The summed E-state index contributed by atoms with van der Waals surface area (Å²) in [5.41, 5.74) is 2.07. The number of morpholine rings is 1. The molecule has 2 aromatic carbocycles. The van der Waals surface area contributed by atoms with Crippen LogP contribution < -0.4 is 14.2 Å². The van der Waals surface area contributed by atoms with E-state index < -0.39 is 10.0 Å². The first kappa shape index (κ1) is 20.2. The topological polar surface area (TPSA) is 77.1 Å². The molecule has 2 aliphatic heterocycles. The van der Waals surface area contributed by atoms with E-state index in [4.69, 9.17) is 14.2 Å². The maximum absolute atomic E-state index is 13.2. The number of benzene rings is 2. The van der Waals surface area contributed by atoms with Crippen molar-refractivity contribution in [2.24, 2.45) is 0 Å². The molecule has 2 heterocycles. The lowest BCUT2D eigenvalue weighted by atomic mass is 10.1. The molecule has 2 aromatic rings. The summed E-state index contributed by atoms with van der Waals surface area (Å²) in [5.74, 6) is 1.03. The van der Waals surface area contributed by atoms with E-state index in [1.807, 2.05) is 31.2 Å². The van der Waals surface area contributed by atoms with E-state index >= 15 is 0 Å². The van der Waals surface area contributed by atoms with Crippen LogP contribution in [0, 0.1) is 6.92 Å². The summed E-state index contributed by atoms with van der Waals surface area (Å²) in [6.07, 6.45) is 0. The fourth-order valence-electron chi connectivity index (χ4n) is 3.50. The third-order valence-electron chi connectivity index (χ3n) is 5.15. The number of fused-ring (bicyclic) bond motifs is 1. The number of hydrogen-bond donors (Lipinski definition) is 1. The minimum absolute atomic E-state index is 0.167. The summed E-state index contributed by atoms with van der Waals surface area (Å²) in [4.78, 5) is 2.39. The molecule has 156 valence electrons. The normalized spacial score (nSPS) is 18.4. The average molecular weight is 419 g/mol. The van der Waals surface area contributed by atoms with Crippen LogP contribution >= 0.6 is 0 Å². The quantitative estimate of drug-likeness (QED) is 0.774. The third kappa shape index (κ3) is 4.90. The van der Waals surface area contributed by atoms with Gasteiger partial charge < -0.3 is 14.2 Å². The first-order chi connectivity index (χ1) is 14.0. The molecular formula is C21H26N2O5S. The number of sulfonamides is 1. The summed E-state index contributed by atoms with van der Waals surface area (Å²) in [6, 6.07) is 12.3. The highest BCUT2D eigenvalue weighted by molar-refractivity contribution is 7.89. The Morgan fingerprint density at radius 1 is 0.966 bits per heavy atom. The van der Waals surface area contributed by atoms with Crippen molar-refractivity contribution in [3.05, 3.63) is 53.6 Å². The monoisotopic (exact) mass is 418 g/mol. The van der Waals surface area contributed by atoms with Gasteiger partial charge in [0.15, 0.2) is 11.5 Å².